The fourth-order valence-electron chi connectivity index (χ4n) is 2.12. The number of benzene rings is 1. The van der Waals surface area contributed by atoms with E-state index < -0.39 is 0 Å². The Hall–Kier alpha value is -1.51. The Morgan fingerprint density at radius 3 is 2.53 bits per heavy atom. The topological polar surface area (TPSA) is 32.3 Å². The third-order valence-electron chi connectivity index (χ3n) is 2.76. The average Bonchev–Trinajstić information content (AvgIpc) is 2.17. The molecule has 3 nitrogen and oxygen atoms in total. The lowest BCUT2D eigenvalue weighted by Crippen LogP contribution is -2.55. The van der Waals surface area contributed by atoms with Gasteiger partial charge in [-0.2, -0.15) is 0 Å². The van der Waals surface area contributed by atoms with Gasteiger partial charge >= 0.3 is 6.03 Å². The summed E-state index contributed by atoms with van der Waals surface area (Å²) in [6.45, 7) is 4.12. The van der Waals surface area contributed by atoms with Gasteiger partial charge in [0.2, 0.25) is 0 Å². The first-order chi connectivity index (χ1) is 7.18. The number of carbonyl (C=O) groups is 1. The van der Waals surface area contributed by atoms with E-state index in [0.29, 0.717) is 0 Å². The molecule has 0 aromatic heterocycles. The normalized spacial score (nSPS) is 26.3. The Morgan fingerprint density at radius 1 is 1.27 bits per heavy atom. The van der Waals surface area contributed by atoms with E-state index in [2.05, 4.69) is 12.2 Å². The van der Waals surface area contributed by atoms with Crippen LogP contribution in [0.4, 0.5) is 10.5 Å². The van der Waals surface area contributed by atoms with Crippen LogP contribution in [0.5, 0.6) is 0 Å². The van der Waals surface area contributed by atoms with Gasteiger partial charge in [0.1, 0.15) is 0 Å². The molecule has 1 saturated heterocycles. The molecule has 80 valence electrons. The van der Waals surface area contributed by atoms with Crippen LogP contribution in [0.1, 0.15) is 20.3 Å². The number of carbonyl (C=O) groups excluding carboxylic acids is 1. The highest BCUT2D eigenvalue weighted by molar-refractivity contribution is 5.93. The van der Waals surface area contributed by atoms with Crippen LogP contribution in [-0.4, -0.2) is 18.1 Å². The maximum absolute atomic E-state index is 11.8. The molecule has 15 heavy (non-hydrogen) atoms. The molecule has 3 heteroatoms. The zero-order valence-corrected chi connectivity index (χ0v) is 9.10. The summed E-state index contributed by atoms with van der Waals surface area (Å²) < 4.78 is 0. The SMILES string of the molecule is CC1CC(C)N(c2ccccc2)C(=O)N1. The molecule has 1 aromatic carbocycles. The summed E-state index contributed by atoms with van der Waals surface area (Å²) in [5, 5.41) is 2.95. The standard InChI is InChI=1S/C12H16N2O/c1-9-8-10(2)14(12(15)13-9)11-6-4-3-5-7-11/h3-7,9-10H,8H2,1-2H3,(H,13,15). The van der Waals surface area contributed by atoms with E-state index in [1.165, 1.54) is 0 Å². The number of hydrogen-bond acceptors (Lipinski definition) is 1. The van der Waals surface area contributed by atoms with Crippen molar-refractivity contribution in [3.05, 3.63) is 30.3 Å². The quantitative estimate of drug-likeness (QED) is 0.748. The van der Waals surface area contributed by atoms with Crippen molar-refractivity contribution in [2.75, 3.05) is 4.90 Å². The van der Waals surface area contributed by atoms with Crippen LogP contribution in [-0.2, 0) is 0 Å². The van der Waals surface area contributed by atoms with Crippen molar-refractivity contribution in [2.24, 2.45) is 0 Å². The lowest BCUT2D eigenvalue weighted by molar-refractivity contribution is 0.232. The molecule has 1 N–H and O–H groups in total. The first-order valence-electron chi connectivity index (χ1n) is 5.33. The number of amides is 2. The molecule has 0 radical (unpaired) electrons. The molecule has 0 saturated carbocycles. The van der Waals surface area contributed by atoms with E-state index in [1.807, 2.05) is 42.2 Å². The monoisotopic (exact) mass is 204 g/mol. The summed E-state index contributed by atoms with van der Waals surface area (Å²) in [6.07, 6.45) is 0.987. The maximum Gasteiger partial charge on any atom is 0.322 e. The van der Waals surface area contributed by atoms with E-state index in [1.54, 1.807) is 0 Å². The largest absolute Gasteiger partial charge is 0.335 e. The minimum Gasteiger partial charge on any atom is -0.335 e. The van der Waals surface area contributed by atoms with Gasteiger partial charge in [-0.05, 0) is 32.4 Å². The van der Waals surface area contributed by atoms with E-state index in [-0.39, 0.29) is 18.1 Å². The van der Waals surface area contributed by atoms with E-state index >= 15 is 0 Å². The van der Waals surface area contributed by atoms with Gasteiger partial charge in [-0.25, -0.2) is 4.79 Å². The maximum atomic E-state index is 11.8. The Kier molecular flexibility index (Phi) is 2.62. The van der Waals surface area contributed by atoms with E-state index in [0.717, 1.165) is 12.1 Å². The van der Waals surface area contributed by atoms with Crippen molar-refractivity contribution in [3.8, 4) is 0 Å². The van der Waals surface area contributed by atoms with Crippen molar-refractivity contribution < 1.29 is 4.79 Å². The van der Waals surface area contributed by atoms with Crippen molar-refractivity contribution >= 4 is 11.7 Å². The van der Waals surface area contributed by atoms with Crippen LogP contribution in [0.25, 0.3) is 0 Å². The van der Waals surface area contributed by atoms with Gasteiger partial charge in [0.15, 0.2) is 0 Å². The first-order valence-corrected chi connectivity index (χ1v) is 5.33. The number of anilines is 1. The molecule has 1 aliphatic rings. The van der Waals surface area contributed by atoms with Crippen LogP contribution >= 0.6 is 0 Å². The van der Waals surface area contributed by atoms with Gasteiger partial charge < -0.3 is 5.32 Å². The highest BCUT2D eigenvalue weighted by atomic mass is 16.2. The molecule has 2 atom stereocenters. The lowest BCUT2D eigenvalue weighted by Gasteiger charge is -2.37. The number of rotatable bonds is 1. The zero-order chi connectivity index (χ0) is 10.8. The fourth-order valence-corrected chi connectivity index (χ4v) is 2.12. The lowest BCUT2D eigenvalue weighted by atomic mass is 10.1. The molecular formula is C12H16N2O. The minimum absolute atomic E-state index is 0.00690. The predicted molar refractivity (Wildman–Crippen MR) is 61.0 cm³/mol. The van der Waals surface area contributed by atoms with Gasteiger partial charge in [-0.3, -0.25) is 4.90 Å². The van der Waals surface area contributed by atoms with Gasteiger partial charge in [0.05, 0.1) is 0 Å². The predicted octanol–water partition coefficient (Wildman–Crippen LogP) is 2.38. The Morgan fingerprint density at radius 2 is 1.93 bits per heavy atom. The minimum atomic E-state index is 0.00690. The molecule has 1 fully saturated rings. The summed E-state index contributed by atoms with van der Waals surface area (Å²) in [5.74, 6) is 0. The number of hydrogen-bond donors (Lipinski definition) is 1. The summed E-state index contributed by atoms with van der Waals surface area (Å²) >= 11 is 0. The molecule has 1 aromatic rings. The highest BCUT2D eigenvalue weighted by Crippen LogP contribution is 2.22. The van der Waals surface area contributed by atoms with E-state index in [4.69, 9.17) is 0 Å². The third-order valence-corrected chi connectivity index (χ3v) is 2.76. The number of urea groups is 1. The molecule has 0 bridgehead atoms. The Bertz CT molecular complexity index is 350. The van der Waals surface area contributed by atoms with Crippen LogP contribution in [0.15, 0.2) is 30.3 Å². The number of nitrogens with one attached hydrogen (secondary N) is 1. The van der Waals surface area contributed by atoms with Crippen LogP contribution in [0.3, 0.4) is 0 Å². The van der Waals surface area contributed by atoms with Gasteiger partial charge in [0, 0.05) is 17.8 Å². The molecule has 1 aliphatic heterocycles. The molecule has 0 aliphatic carbocycles. The molecule has 2 rings (SSSR count). The van der Waals surface area contributed by atoms with Crippen molar-refractivity contribution in [3.63, 3.8) is 0 Å². The molecular weight excluding hydrogens is 188 g/mol. The van der Waals surface area contributed by atoms with Gasteiger partial charge in [-0.1, -0.05) is 18.2 Å². The second-order valence-electron chi connectivity index (χ2n) is 4.14. The Labute approximate surface area is 90.1 Å². The zero-order valence-electron chi connectivity index (χ0n) is 9.10. The summed E-state index contributed by atoms with van der Waals surface area (Å²) in [7, 11) is 0. The van der Waals surface area contributed by atoms with E-state index in [9.17, 15) is 4.79 Å². The molecule has 2 amide bonds. The van der Waals surface area contributed by atoms with Gasteiger partial charge in [0.25, 0.3) is 0 Å². The highest BCUT2D eigenvalue weighted by Gasteiger charge is 2.29. The molecule has 2 unspecified atom stereocenters. The second kappa shape index (κ2) is 3.93. The first kappa shape index (κ1) is 10.0. The van der Waals surface area contributed by atoms with Crippen molar-refractivity contribution in [1.82, 2.24) is 5.32 Å². The van der Waals surface area contributed by atoms with Crippen molar-refractivity contribution in [1.29, 1.82) is 0 Å². The number of nitrogens with zero attached hydrogens (tertiary/aromatic N) is 1. The van der Waals surface area contributed by atoms with Crippen LogP contribution in [0, 0.1) is 0 Å². The summed E-state index contributed by atoms with van der Waals surface area (Å²) in [5.41, 5.74) is 0.967. The van der Waals surface area contributed by atoms with Crippen LogP contribution in [0.2, 0.25) is 0 Å². The number of para-hydroxylation sites is 1. The molecule has 1 heterocycles. The summed E-state index contributed by atoms with van der Waals surface area (Å²) in [6, 6.07) is 10.3. The molecule has 0 spiro atoms. The Balaban J connectivity index is 2.25. The van der Waals surface area contributed by atoms with Crippen molar-refractivity contribution in [2.45, 2.75) is 32.4 Å². The average molecular weight is 204 g/mol. The summed E-state index contributed by atoms with van der Waals surface area (Å²) in [4.78, 5) is 13.6. The fraction of sp³-hybridized carbons (Fsp3) is 0.417. The second-order valence-corrected chi connectivity index (χ2v) is 4.14. The third kappa shape index (κ3) is 1.96. The smallest absolute Gasteiger partial charge is 0.322 e. The van der Waals surface area contributed by atoms with Gasteiger partial charge in [-0.15, -0.1) is 0 Å². The van der Waals surface area contributed by atoms with Crippen LogP contribution < -0.4 is 10.2 Å².